The van der Waals surface area contributed by atoms with E-state index in [2.05, 4.69) is 11.8 Å². The van der Waals surface area contributed by atoms with Gasteiger partial charge in [-0.1, -0.05) is 32.3 Å². The average molecular weight is 168 g/mol. The Morgan fingerprint density at radius 1 is 1.42 bits per heavy atom. The third-order valence-electron chi connectivity index (χ3n) is 2.48. The topological polar surface area (TPSA) is 29.3 Å². The van der Waals surface area contributed by atoms with Crippen LogP contribution in [0.15, 0.2) is 12.3 Å². The van der Waals surface area contributed by atoms with Gasteiger partial charge >= 0.3 is 0 Å². The van der Waals surface area contributed by atoms with Crippen molar-refractivity contribution >= 4 is 0 Å². The molecule has 0 amide bonds. The SMILES string of the molecule is CC1CCC1.CN1C=CC(N)C1. The normalized spacial score (nSPS) is 27.9. The molecule has 2 N–H and O–H groups in total. The predicted molar refractivity (Wildman–Crippen MR) is 52.8 cm³/mol. The Labute approximate surface area is 75.4 Å². The van der Waals surface area contributed by atoms with E-state index in [0.29, 0.717) is 0 Å². The van der Waals surface area contributed by atoms with E-state index in [1.54, 1.807) is 0 Å². The summed E-state index contributed by atoms with van der Waals surface area (Å²) < 4.78 is 0. The highest BCUT2D eigenvalue weighted by Crippen LogP contribution is 2.24. The lowest BCUT2D eigenvalue weighted by molar-refractivity contribution is 0.346. The fourth-order valence-corrected chi connectivity index (χ4v) is 1.32. The molecule has 0 spiro atoms. The summed E-state index contributed by atoms with van der Waals surface area (Å²) in [5.41, 5.74) is 5.50. The van der Waals surface area contributed by atoms with Gasteiger partial charge in [-0.15, -0.1) is 0 Å². The first-order chi connectivity index (χ1) is 5.68. The molecule has 1 fully saturated rings. The first-order valence-electron chi connectivity index (χ1n) is 4.82. The number of hydrogen-bond donors (Lipinski definition) is 1. The van der Waals surface area contributed by atoms with Crippen LogP contribution >= 0.6 is 0 Å². The molecule has 12 heavy (non-hydrogen) atoms. The maximum absolute atomic E-state index is 5.50. The summed E-state index contributed by atoms with van der Waals surface area (Å²) >= 11 is 0. The highest BCUT2D eigenvalue weighted by atomic mass is 15.1. The Kier molecular flexibility index (Phi) is 3.60. The number of hydrogen-bond acceptors (Lipinski definition) is 2. The van der Waals surface area contributed by atoms with Crippen molar-refractivity contribution in [2.24, 2.45) is 11.7 Å². The van der Waals surface area contributed by atoms with Crippen molar-refractivity contribution in [3.63, 3.8) is 0 Å². The van der Waals surface area contributed by atoms with Gasteiger partial charge in [0.05, 0.1) is 0 Å². The van der Waals surface area contributed by atoms with E-state index in [0.717, 1.165) is 12.5 Å². The van der Waals surface area contributed by atoms with Crippen molar-refractivity contribution in [1.29, 1.82) is 0 Å². The number of nitrogens with zero attached hydrogens (tertiary/aromatic N) is 1. The fourth-order valence-electron chi connectivity index (χ4n) is 1.32. The monoisotopic (exact) mass is 168 g/mol. The zero-order valence-corrected chi connectivity index (χ0v) is 8.16. The van der Waals surface area contributed by atoms with Crippen molar-refractivity contribution in [3.05, 3.63) is 12.3 Å². The molecule has 1 saturated carbocycles. The van der Waals surface area contributed by atoms with Gasteiger partial charge in [-0.2, -0.15) is 0 Å². The molecule has 2 nitrogen and oxygen atoms in total. The van der Waals surface area contributed by atoms with Crippen LogP contribution in [0, 0.1) is 5.92 Å². The van der Waals surface area contributed by atoms with Crippen LogP contribution in [0.5, 0.6) is 0 Å². The first kappa shape index (κ1) is 9.59. The lowest BCUT2D eigenvalue weighted by Gasteiger charge is -2.18. The van der Waals surface area contributed by atoms with E-state index in [1.165, 1.54) is 19.3 Å². The van der Waals surface area contributed by atoms with Gasteiger partial charge in [0.1, 0.15) is 0 Å². The van der Waals surface area contributed by atoms with Crippen LogP contribution in [-0.2, 0) is 0 Å². The largest absolute Gasteiger partial charge is 0.379 e. The molecule has 0 aromatic carbocycles. The Morgan fingerprint density at radius 3 is 2.08 bits per heavy atom. The highest BCUT2D eigenvalue weighted by molar-refractivity contribution is 4.99. The van der Waals surface area contributed by atoms with E-state index < -0.39 is 0 Å². The van der Waals surface area contributed by atoms with E-state index in [-0.39, 0.29) is 6.04 Å². The standard InChI is InChI=1S/C5H10N2.C5H10/c1-7-3-2-5(6)4-7;1-5-3-2-4-5/h2-3,5H,4,6H2,1H3;5H,2-4H2,1H3. The summed E-state index contributed by atoms with van der Waals surface area (Å²) in [6.45, 7) is 3.28. The quantitative estimate of drug-likeness (QED) is 0.595. The Morgan fingerprint density at radius 2 is 2.00 bits per heavy atom. The number of rotatable bonds is 0. The van der Waals surface area contributed by atoms with Gasteiger partial charge in [-0.25, -0.2) is 0 Å². The molecule has 0 saturated heterocycles. The van der Waals surface area contributed by atoms with Crippen molar-refractivity contribution in [2.45, 2.75) is 32.2 Å². The second kappa shape index (κ2) is 4.51. The smallest absolute Gasteiger partial charge is 0.0419 e. The molecule has 1 aliphatic carbocycles. The third kappa shape index (κ3) is 3.26. The predicted octanol–water partition coefficient (Wildman–Crippen LogP) is 1.58. The van der Waals surface area contributed by atoms with Crippen molar-refractivity contribution < 1.29 is 0 Å². The van der Waals surface area contributed by atoms with Crippen molar-refractivity contribution in [1.82, 2.24) is 4.90 Å². The van der Waals surface area contributed by atoms with Gasteiger partial charge in [-0.3, -0.25) is 0 Å². The van der Waals surface area contributed by atoms with E-state index in [4.69, 9.17) is 5.73 Å². The minimum atomic E-state index is 0.269. The van der Waals surface area contributed by atoms with Gasteiger partial charge < -0.3 is 10.6 Å². The van der Waals surface area contributed by atoms with Crippen LogP contribution in [0.3, 0.4) is 0 Å². The summed E-state index contributed by atoms with van der Waals surface area (Å²) in [5, 5.41) is 0. The number of likely N-dealkylation sites (N-methyl/N-ethyl adjacent to an activating group) is 1. The fraction of sp³-hybridized carbons (Fsp3) is 0.800. The van der Waals surface area contributed by atoms with Gasteiger partial charge in [0.15, 0.2) is 0 Å². The molecule has 1 atom stereocenters. The first-order valence-corrected chi connectivity index (χ1v) is 4.82. The van der Waals surface area contributed by atoms with Crippen LogP contribution in [-0.4, -0.2) is 24.5 Å². The van der Waals surface area contributed by atoms with Crippen LogP contribution in [0.2, 0.25) is 0 Å². The third-order valence-corrected chi connectivity index (χ3v) is 2.48. The Bertz CT molecular complexity index is 140. The molecule has 1 heterocycles. The highest BCUT2D eigenvalue weighted by Gasteiger charge is 2.09. The van der Waals surface area contributed by atoms with Crippen LogP contribution < -0.4 is 5.73 Å². The average Bonchev–Trinajstić information content (AvgIpc) is 2.32. The number of nitrogens with two attached hydrogens (primary N) is 1. The molecule has 70 valence electrons. The van der Waals surface area contributed by atoms with Gasteiger partial charge in [0.2, 0.25) is 0 Å². The molecule has 1 aliphatic heterocycles. The summed E-state index contributed by atoms with van der Waals surface area (Å²) in [6, 6.07) is 0.269. The summed E-state index contributed by atoms with van der Waals surface area (Å²) in [7, 11) is 2.02. The minimum Gasteiger partial charge on any atom is -0.379 e. The van der Waals surface area contributed by atoms with E-state index in [1.807, 2.05) is 19.3 Å². The summed E-state index contributed by atoms with van der Waals surface area (Å²) in [5.74, 6) is 1.06. The van der Waals surface area contributed by atoms with Crippen LogP contribution in [0.4, 0.5) is 0 Å². The molecular formula is C10H20N2. The molecule has 2 rings (SSSR count). The molecule has 1 unspecified atom stereocenters. The molecule has 0 aromatic rings. The molecule has 2 aliphatic rings. The summed E-state index contributed by atoms with van der Waals surface area (Å²) in [6.07, 6.45) is 8.46. The molecule has 0 bridgehead atoms. The Balaban J connectivity index is 0.000000127. The minimum absolute atomic E-state index is 0.269. The van der Waals surface area contributed by atoms with Crippen LogP contribution in [0.25, 0.3) is 0 Å². The maximum atomic E-state index is 5.50. The zero-order valence-electron chi connectivity index (χ0n) is 8.16. The zero-order chi connectivity index (χ0) is 8.97. The molecule has 2 heteroatoms. The lowest BCUT2D eigenvalue weighted by atomic mass is 9.88. The maximum Gasteiger partial charge on any atom is 0.0419 e. The van der Waals surface area contributed by atoms with Gasteiger partial charge in [0, 0.05) is 19.6 Å². The molecule has 0 aromatic heterocycles. The summed E-state index contributed by atoms with van der Waals surface area (Å²) in [4.78, 5) is 2.07. The Hall–Kier alpha value is -0.500. The van der Waals surface area contributed by atoms with Crippen LogP contribution in [0.1, 0.15) is 26.2 Å². The van der Waals surface area contributed by atoms with E-state index >= 15 is 0 Å². The molecule has 0 radical (unpaired) electrons. The van der Waals surface area contributed by atoms with E-state index in [9.17, 15) is 0 Å². The van der Waals surface area contributed by atoms with Gasteiger partial charge in [-0.05, 0) is 12.1 Å². The lowest BCUT2D eigenvalue weighted by Crippen LogP contribution is -2.24. The van der Waals surface area contributed by atoms with Crippen molar-refractivity contribution in [3.8, 4) is 0 Å². The second-order valence-corrected chi connectivity index (χ2v) is 3.98. The second-order valence-electron chi connectivity index (χ2n) is 3.98. The van der Waals surface area contributed by atoms with Crippen molar-refractivity contribution in [2.75, 3.05) is 13.6 Å². The van der Waals surface area contributed by atoms with Gasteiger partial charge in [0.25, 0.3) is 0 Å². The molecular weight excluding hydrogens is 148 g/mol.